The van der Waals surface area contributed by atoms with Crippen LogP contribution in [0, 0.1) is 0 Å². The van der Waals surface area contributed by atoms with E-state index in [1.807, 2.05) is 0 Å². The van der Waals surface area contributed by atoms with Gasteiger partial charge in [-0.2, -0.15) is 0 Å². The minimum absolute atomic E-state index is 0.258. The fourth-order valence-electron chi connectivity index (χ4n) is 0.642. The summed E-state index contributed by atoms with van der Waals surface area (Å²) in [7, 11) is 0. The Morgan fingerprint density at radius 1 is 1.25 bits per heavy atom. The average Bonchev–Trinajstić information content (AvgIpc) is 1.65. The van der Waals surface area contributed by atoms with Gasteiger partial charge in [0.15, 0.2) is 0 Å². The standard InChI is InChI=1S/C4H8I2N2/c5-4(6)3-7-1-2-8-4/h7-8H,1-3H2. The van der Waals surface area contributed by atoms with Gasteiger partial charge in [-0.15, -0.1) is 0 Å². The molecule has 1 fully saturated rings. The molecule has 1 aliphatic rings. The van der Waals surface area contributed by atoms with Crippen LogP contribution in [-0.4, -0.2) is 21.2 Å². The van der Waals surface area contributed by atoms with Gasteiger partial charge < -0.3 is 5.32 Å². The van der Waals surface area contributed by atoms with Crippen molar-refractivity contribution in [2.75, 3.05) is 19.6 Å². The molecule has 0 bridgehead atoms. The predicted molar refractivity (Wildman–Crippen MR) is 51.6 cm³/mol. The summed E-state index contributed by atoms with van der Waals surface area (Å²) in [4.78, 5) is 0. The molecule has 2 nitrogen and oxygen atoms in total. The number of nitrogens with one attached hydrogen (secondary N) is 2. The number of piperazine rings is 1. The Labute approximate surface area is 76.5 Å². The minimum atomic E-state index is 0.258. The van der Waals surface area contributed by atoms with Crippen LogP contribution < -0.4 is 10.6 Å². The second kappa shape index (κ2) is 2.98. The van der Waals surface area contributed by atoms with E-state index < -0.39 is 0 Å². The number of alkyl halides is 2. The lowest BCUT2D eigenvalue weighted by Gasteiger charge is -2.27. The van der Waals surface area contributed by atoms with Crippen molar-refractivity contribution in [1.29, 1.82) is 0 Å². The molecular formula is C4H8I2N2. The van der Waals surface area contributed by atoms with Crippen molar-refractivity contribution in [1.82, 2.24) is 10.6 Å². The molecule has 0 aromatic carbocycles. The van der Waals surface area contributed by atoms with Crippen LogP contribution in [0.1, 0.15) is 0 Å². The molecule has 0 spiro atoms. The monoisotopic (exact) mass is 338 g/mol. The molecule has 0 aliphatic carbocycles. The van der Waals surface area contributed by atoms with E-state index >= 15 is 0 Å². The van der Waals surface area contributed by atoms with E-state index in [1.165, 1.54) is 0 Å². The lowest BCUT2D eigenvalue weighted by Crippen LogP contribution is -2.51. The van der Waals surface area contributed by atoms with Crippen LogP contribution in [0.4, 0.5) is 0 Å². The Hall–Kier alpha value is 1.38. The summed E-state index contributed by atoms with van der Waals surface area (Å²) >= 11 is 4.81. The van der Waals surface area contributed by atoms with Crippen LogP contribution in [0.2, 0.25) is 0 Å². The Kier molecular flexibility index (Phi) is 2.79. The van der Waals surface area contributed by atoms with E-state index in [0.717, 1.165) is 19.6 Å². The molecule has 48 valence electrons. The van der Waals surface area contributed by atoms with Gasteiger partial charge in [-0.05, 0) is 45.2 Å². The normalized spacial score (nSPS) is 27.8. The van der Waals surface area contributed by atoms with Crippen LogP contribution in [0.5, 0.6) is 0 Å². The zero-order chi connectivity index (χ0) is 6.04. The SMILES string of the molecule is IC1(I)CNCCN1. The Bertz CT molecular complexity index is 76.1. The van der Waals surface area contributed by atoms with Crippen LogP contribution in [0.15, 0.2) is 0 Å². The van der Waals surface area contributed by atoms with Gasteiger partial charge in [0.25, 0.3) is 0 Å². The number of hydrogen-bond acceptors (Lipinski definition) is 2. The van der Waals surface area contributed by atoms with E-state index in [9.17, 15) is 0 Å². The van der Waals surface area contributed by atoms with Crippen molar-refractivity contribution < 1.29 is 0 Å². The molecule has 0 saturated carbocycles. The third kappa shape index (κ3) is 2.32. The van der Waals surface area contributed by atoms with E-state index in [0.29, 0.717) is 0 Å². The van der Waals surface area contributed by atoms with Crippen molar-refractivity contribution in [3.63, 3.8) is 0 Å². The van der Waals surface area contributed by atoms with Gasteiger partial charge in [-0.25, -0.2) is 0 Å². The van der Waals surface area contributed by atoms with Gasteiger partial charge in [-0.1, -0.05) is 0 Å². The second-order valence-corrected chi connectivity index (χ2v) is 7.56. The third-order valence-electron chi connectivity index (χ3n) is 1.03. The third-order valence-corrected chi connectivity index (χ3v) is 2.56. The van der Waals surface area contributed by atoms with Gasteiger partial charge in [0.1, 0.15) is 1.55 Å². The molecule has 1 saturated heterocycles. The van der Waals surface area contributed by atoms with Crippen molar-refractivity contribution in [2.45, 2.75) is 1.55 Å². The smallest absolute Gasteiger partial charge is 0.135 e. The summed E-state index contributed by atoms with van der Waals surface area (Å²) in [5.74, 6) is 0. The highest BCUT2D eigenvalue weighted by atomic mass is 127. The molecular weight excluding hydrogens is 330 g/mol. The van der Waals surface area contributed by atoms with Gasteiger partial charge in [0, 0.05) is 19.6 Å². The van der Waals surface area contributed by atoms with Crippen LogP contribution in [0.3, 0.4) is 0 Å². The van der Waals surface area contributed by atoms with Crippen molar-refractivity contribution in [3.8, 4) is 0 Å². The molecule has 0 aromatic heterocycles. The lowest BCUT2D eigenvalue weighted by atomic mass is 10.4. The Balaban J connectivity index is 2.33. The highest BCUT2D eigenvalue weighted by Gasteiger charge is 2.23. The van der Waals surface area contributed by atoms with Crippen LogP contribution >= 0.6 is 45.2 Å². The zero-order valence-corrected chi connectivity index (χ0v) is 8.69. The molecule has 0 aromatic rings. The fourth-order valence-corrected chi connectivity index (χ4v) is 1.72. The summed E-state index contributed by atoms with van der Waals surface area (Å²) in [6, 6.07) is 0. The molecule has 4 heteroatoms. The molecule has 0 radical (unpaired) electrons. The molecule has 2 N–H and O–H groups in total. The molecule has 8 heavy (non-hydrogen) atoms. The van der Waals surface area contributed by atoms with Crippen molar-refractivity contribution in [3.05, 3.63) is 0 Å². The van der Waals surface area contributed by atoms with Gasteiger partial charge in [0.05, 0.1) is 0 Å². The van der Waals surface area contributed by atoms with Gasteiger partial charge in [-0.3, -0.25) is 5.32 Å². The van der Waals surface area contributed by atoms with Crippen LogP contribution in [-0.2, 0) is 0 Å². The average molecular weight is 338 g/mol. The lowest BCUT2D eigenvalue weighted by molar-refractivity contribution is 0.508. The van der Waals surface area contributed by atoms with E-state index in [4.69, 9.17) is 0 Å². The highest BCUT2D eigenvalue weighted by Crippen LogP contribution is 2.23. The second-order valence-electron chi connectivity index (χ2n) is 1.81. The first-order valence-electron chi connectivity index (χ1n) is 2.54. The Morgan fingerprint density at radius 3 is 2.25 bits per heavy atom. The molecule has 0 unspecified atom stereocenters. The zero-order valence-electron chi connectivity index (χ0n) is 4.38. The maximum absolute atomic E-state index is 3.37. The summed E-state index contributed by atoms with van der Waals surface area (Å²) in [5, 5.41) is 6.67. The first-order valence-corrected chi connectivity index (χ1v) is 4.70. The van der Waals surface area contributed by atoms with Crippen LogP contribution in [0.25, 0.3) is 0 Å². The van der Waals surface area contributed by atoms with E-state index in [2.05, 4.69) is 55.8 Å². The largest absolute Gasteiger partial charge is 0.312 e. The topological polar surface area (TPSA) is 24.1 Å². The maximum atomic E-state index is 3.37. The first-order chi connectivity index (χ1) is 3.71. The first kappa shape index (κ1) is 7.49. The maximum Gasteiger partial charge on any atom is 0.135 e. The quantitative estimate of drug-likeness (QED) is 0.386. The van der Waals surface area contributed by atoms with E-state index in [-0.39, 0.29) is 1.55 Å². The molecule has 1 heterocycles. The van der Waals surface area contributed by atoms with E-state index in [1.54, 1.807) is 0 Å². The molecule has 1 aliphatic heterocycles. The van der Waals surface area contributed by atoms with Crippen molar-refractivity contribution >= 4 is 45.2 Å². The summed E-state index contributed by atoms with van der Waals surface area (Å²) in [5.41, 5.74) is 0. The summed E-state index contributed by atoms with van der Waals surface area (Å²) in [6.07, 6.45) is 0. The van der Waals surface area contributed by atoms with Gasteiger partial charge in [0.2, 0.25) is 0 Å². The minimum Gasteiger partial charge on any atom is -0.312 e. The molecule has 0 atom stereocenters. The molecule has 1 rings (SSSR count). The van der Waals surface area contributed by atoms with Gasteiger partial charge >= 0.3 is 0 Å². The number of hydrogen-bond donors (Lipinski definition) is 2. The predicted octanol–water partition coefficient (Wildman–Crippen LogP) is 0.703. The number of halogens is 2. The summed E-state index contributed by atoms with van der Waals surface area (Å²) in [6.45, 7) is 3.26. The number of rotatable bonds is 0. The summed E-state index contributed by atoms with van der Waals surface area (Å²) < 4.78 is 0.258. The molecule has 0 amide bonds. The van der Waals surface area contributed by atoms with Crippen molar-refractivity contribution in [2.24, 2.45) is 0 Å². The highest BCUT2D eigenvalue weighted by molar-refractivity contribution is 14.2. The fraction of sp³-hybridized carbons (Fsp3) is 1.00. The Morgan fingerprint density at radius 2 is 2.00 bits per heavy atom.